The first-order valence-corrected chi connectivity index (χ1v) is 6.54. The summed E-state index contributed by atoms with van der Waals surface area (Å²) in [5, 5.41) is 4.05. The highest BCUT2D eigenvalue weighted by Crippen LogP contribution is 2.24. The quantitative estimate of drug-likeness (QED) is 0.854. The number of thioether (sulfide) groups is 1. The van der Waals surface area contributed by atoms with Crippen LogP contribution in [-0.4, -0.2) is 27.5 Å². The molecule has 1 aliphatic rings. The van der Waals surface area contributed by atoms with Crippen molar-refractivity contribution >= 4 is 17.7 Å². The van der Waals surface area contributed by atoms with Gasteiger partial charge in [0.25, 0.3) is 0 Å². The Morgan fingerprint density at radius 3 is 3.20 bits per heavy atom. The number of hydrogen-bond acceptors (Lipinski definition) is 4. The average Bonchev–Trinajstić information content (AvgIpc) is 2.28. The van der Waals surface area contributed by atoms with Gasteiger partial charge in [0.2, 0.25) is 5.95 Å². The predicted octanol–water partition coefficient (Wildman–Crippen LogP) is 2.48. The lowest BCUT2D eigenvalue weighted by atomic mass is 10.2. The Labute approximate surface area is 95.1 Å². The minimum Gasteiger partial charge on any atom is -0.353 e. The van der Waals surface area contributed by atoms with E-state index in [0.717, 1.165) is 23.4 Å². The topological polar surface area (TPSA) is 37.8 Å². The van der Waals surface area contributed by atoms with Crippen LogP contribution in [0.4, 0.5) is 5.95 Å². The van der Waals surface area contributed by atoms with Crippen LogP contribution in [0.5, 0.6) is 0 Å². The molecule has 15 heavy (non-hydrogen) atoms. The fraction of sp³-hybridized carbons (Fsp3) is 0.636. The van der Waals surface area contributed by atoms with E-state index in [1.165, 1.54) is 25.0 Å². The molecule has 0 bridgehead atoms. The van der Waals surface area contributed by atoms with Crippen LogP contribution in [-0.2, 0) is 0 Å². The molecule has 2 heterocycles. The number of aromatic nitrogens is 2. The van der Waals surface area contributed by atoms with E-state index in [4.69, 9.17) is 0 Å². The number of aryl methyl sites for hydroxylation is 1. The van der Waals surface area contributed by atoms with Gasteiger partial charge in [-0.3, -0.25) is 0 Å². The second kappa shape index (κ2) is 5.35. The molecule has 3 nitrogen and oxygen atoms in total. The van der Waals surface area contributed by atoms with Gasteiger partial charge in [-0.05, 0) is 31.6 Å². The number of anilines is 1. The predicted molar refractivity (Wildman–Crippen MR) is 65.4 cm³/mol. The second-order valence-electron chi connectivity index (χ2n) is 3.89. The highest BCUT2D eigenvalue weighted by atomic mass is 32.2. The zero-order chi connectivity index (χ0) is 10.5. The normalized spacial score (nSPS) is 21.3. The van der Waals surface area contributed by atoms with Crippen LogP contribution >= 0.6 is 11.8 Å². The smallest absolute Gasteiger partial charge is 0.222 e. The second-order valence-corrected chi connectivity index (χ2v) is 5.30. The van der Waals surface area contributed by atoms with Gasteiger partial charge < -0.3 is 5.32 Å². The molecule has 1 N–H and O–H groups in total. The van der Waals surface area contributed by atoms with Crippen molar-refractivity contribution in [1.29, 1.82) is 0 Å². The average molecular weight is 223 g/mol. The fourth-order valence-electron chi connectivity index (χ4n) is 1.71. The van der Waals surface area contributed by atoms with Crippen LogP contribution in [0.1, 0.15) is 25.0 Å². The lowest BCUT2D eigenvalue weighted by Crippen LogP contribution is -2.21. The third kappa shape index (κ3) is 3.38. The molecular weight excluding hydrogens is 206 g/mol. The molecule has 2 rings (SSSR count). The summed E-state index contributed by atoms with van der Waals surface area (Å²) in [5.41, 5.74) is 1.02. The maximum Gasteiger partial charge on any atom is 0.222 e. The van der Waals surface area contributed by atoms with Gasteiger partial charge in [-0.2, -0.15) is 11.8 Å². The molecule has 82 valence electrons. The highest BCUT2D eigenvalue weighted by Gasteiger charge is 2.13. The molecular formula is C11H17N3S. The maximum absolute atomic E-state index is 4.33. The molecule has 0 saturated carbocycles. The van der Waals surface area contributed by atoms with Crippen LogP contribution in [0.2, 0.25) is 0 Å². The Morgan fingerprint density at radius 1 is 1.53 bits per heavy atom. The van der Waals surface area contributed by atoms with Crippen molar-refractivity contribution in [3.63, 3.8) is 0 Å². The van der Waals surface area contributed by atoms with Gasteiger partial charge in [-0.1, -0.05) is 6.42 Å². The minimum absolute atomic E-state index is 0.739. The van der Waals surface area contributed by atoms with E-state index < -0.39 is 0 Å². The van der Waals surface area contributed by atoms with E-state index >= 15 is 0 Å². The Bertz CT molecular complexity index is 310. The van der Waals surface area contributed by atoms with Crippen molar-refractivity contribution in [2.45, 2.75) is 31.4 Å². The summed E-state index contributed by atoms with van der Waals surface area (Å²) in [6.45, 7) is 2.98. The molecule has 0 spiro atoms. The van der Waals surface area contributed by atoms with E-state index in [-0.39, 0.29) is 0 Å². The zero-order valence-corrected chi connectivity index (χ0v) is 9.89. The van der Waals surface area contributed by atoms with E-state index in [1.807, 2.05) is 13.0 Å². The van der Waals surface area contributed by atoms with Crippen LogP contribution in [0.3, 0.4) is 0 Å². The summed E-state index contributed by atoms with van der Waals surface area (Å²) in [6, 6.07) is 1.92. The third-order valence-corrected chi connectivity index (χ3v) is 3.95. The first kappa shape index (κ1) is 10.7. The van der Waals surface area contributed by atoms with Gasteiger partial charge in [0.05, 0.1) is 0 Å². The Morgan fingerprint density at radius 2 is 2.47 bits per heavy atom. The zero-order valence-electron chi connectivity index (χ0n) is 9.07. The molecule has 1 fully saturated rings. The lowest BCUT2D eigenvalue weighted by molar-refractivity contribution is 0.676. The Hall–Kier alpha value is -0.770. The molecule has 1 aromatic heterocycles. The highest BCUT2D eigenvalue weighted by molar-refractivity contribution is 7.99. The number of nitrogens with zero attached hydrogens (tertiary/aromatic N) is 2. The molecule has 0 aromatic carbocycles. The summed E-state index contributed by atoms with van der Waals surface area (Å²) in [6.07, 6.45) is 5.87. The minimum atomic E-state index is 0.739. The first-order chi connectivity index (χ1) is 7.34. The number of nitrogens with one attached hydrogen (secondary N) is 1. The van der Waals surface area contributed by atoms with Crippen LogP contribution in [0.25, 0.3) is 0 Å². The van der Waals surface area contributed by atoms with Crippen molar-refractivity contribution < 1.29 is 0 Å². The van der Waals surface area contributed by atoms with E-state index in [0.29, 0.717) is 0 Å². The van der Waals surface area contributed by atoms with Gasteiger partial charge in [0, 0.05) is 23.7 Å². The van der Waals surface area contributed by atoms with Crippen LogP contribution in [0.15, 0.2) is 12.3 Å². The van der Waals surface area contributed by atoms with Gasteiger partial charge in [0.1, 0.15) is 0 Å². The fourth-order valence-corrected chi connectivity index (χ4v) is 2.95. The molecule has 1 atom stereocenters. The van der Waals surface area contributed by atoms with Crippen LogP contribution in [0, 0.1) is 6.92 Å². The van der Waals surface area contributed by atoms with Crippen molar-refractivity contribution in [2.75, 3.05) is 17.6 Å². The van der Waals surface area contributed by atoms with Crippen molar-refractivity contribution in [2.24, 2.45) is 0 Å². The first-order valence-electron chi connectivity index (χ1n) is 5.50. The maximum atomic E-state index is 4.33. The molecule has 4 heteroatoms. The Balaban J connectivity index is 1.81. The van der Waals surface area contributed by atoms with Crippen molar-refractivity contribution in [3.05, 3.63) is 18.0 Å². The number of hydrogen-bond donors (Lipinski definition) is 1. The summed E-state index contributed by atoms with van der Waals surface area (Å²) in [5.74, 6) is 2.07. The van der Waals surface area contributed by atoms with Crippen molar-refractivity contribution in [1.82, 2.24) is 9.97 Å². The monoisotopic (exact) mass is 223 g/mol. The summed E-state index contributed by atoms with van der Waals surface area (Å²) in [4.78, 5) is 8.52. The standard InChI is InChI=1S/C11H17N3S/c1-9-5-6-12-11(14-9)13-8-10-4-2-3-7-15-10/h5-6,10H,2-4,7-8H2,1H3,(H,12,13,14). The summed E-state index contributed by atoms with van der Waals surface area (Å²) < 4.78 is 0. The summed E-state index contributed by atoms with van der Waals surface area (Å²) in [7, 11) is 0. The van der Waals surface area contributed by atoms with Crippen molar-refractivity contribution in [3.8, 4) is 0 Å². The molecule has 0 aliphatic carbocycles. The van der Waals surface area contributed by atoms with Gasteiger partial charge in [0.15, 0.2) is 0 Å². The number of rotatable bonds is 3. The van der Waals surface area contributed by atoms with E-state index in [9.17, 15) is 0 Å². The van der Waals surface area contributed by atoms with Gasteiger partial charge in [-0.25, -0.2) is 9.97 Å². The molecule has 1 saturated heterocycles. The Kier molecular flexibility index (Phi) is 3.83. The van der Waals surface area contributed by atoms with Crippen LogP contribution < -0.4 is 5.32 Å². The molecule has 1 unspecified atom stereocenters. The largest absolute Gasteiger partial charge is 0.353 e. The molecule has 0 radical (unpaired) electrons. The SMILES string of the molecule is Cc1ccnc(NCC2CCCCS2)n1. The van der Waals surface area contributed by atoms with Gasteiger partial charge >= 0.3 is 0 Å². The van der Waals surface area contributed by atoms with Gasteiger partial charge in [-0.15, -0.1) is 0 Å². The molecule has 0 amide bonds. The summed E-state index contributed by atoms with van der Waals surface area (Å²) >= 11 is 2.07. The lowest BCUT2D eigenvalue weighted by Gasteiger charge is -2.21. The third-order valence-electron chi connectivity index (χ3n) is 2.56. The van der Waals surface area contributed by atoms with E-state index in [2.05, 4.69) is 27.0 Å². The molecule has 1 aromatic rings. The van der Waals surface area contributed by atoms with E-state index in [1.54, 1.807) is 6.20 Å². The molecule has 1 aliphatic heterocycles.